The van der Waals surface area contributed by atoms with Gasteiger partial charge in [-0.3, -0.25) is 4.79 Å². The zero-order chi connectivity index (χ0) is 16.1. The van der Waals surface area contributed by atoms with Crippen molar-refractivity contribution in [1.82, 2.24) is 15.6 Å². The van der Waals surface area contributed by atoms with Crippen molar-refractivity contribution in [3.05, 3.63) is 16.6 Å². The van der Waals surface area contributed by atoms with Crippen molar-refractivity contribution in [2.75, 3.05) is 6.54 Å². The molecule has 0 bridgehead atoms. The summed E-state index contributed by atoms with van der Waals surface area (Å²) in [7, 11) is 0. The maximum absolute atomic E-state index is 12.1. The predicted molar refractivity (Wildman–Crippen MR) is 82.3 cm³/mol. The lowest BCUT2D eigenvalue weighted by Gasteiger charge is -2.27. The van der Waals surface area contributed by atoms with E-state index in [0.717, 1.165) is 5.69 Å². The quantitative estimate of drug-likeness (QED) is 0.872. The van der Waals surface area contributed by atoms with Gasteiger partial charge in [0.1, 0.15) is 11.1 Å². The van der Waals surface area contributed by atoms with Gasteiger partial charge in [-0.15, -0.1) is 11.3 Å². The van der Waals surface area contributed by atoms with E-state index in [4.69, 9.17) is 4.74 Å². The lowest BCUT2D eigenvalue weighted by atomic mass is 10.1. The Morgan fingerprint density at radius 2 is 1.95 bits per heavy atom. The van der Waals surface area contributed by atoms with Gasteiger partial charge in [0, 0.05) is 18.3 Å². The molecular formula is C14H23N3O3S. The normalized spacial score (nSPS) is 11.9. The molecule has 1 rings (SSSR count). The smallest absolute Gasteiger partial charge is 0.408 e. The number of ether oxygens (including phenoxy) is 1. The van der Waals surface area contributed by atoms with Crippen LogP contribution in [0.5, 0.6) is 0 Å². The number of carbonyl (C=O) groups is 2. The number of thiazole rings is 1. The Labute approximate surface area is 129 Å². The van der Waals surface area contributed by atoms with E-state index in [-0.39, 0.29) is 5.91 Å². The molecule has 0 saturated carbocycles. The van der Waals surface area contributed by atoms with E-state index in [2.05, 4.69) is 15.6 Å². The van der Waals surface area contributed by atoms with Crippen molar-refractivity contribution in [1.29, 1.82) is 0 Å². The molecule has 0 fully saturated rings. The Kier molecular flexibility index (Phi) is 5.71. The number of hydrogen-bond donors (Lipinski definition) is 2. The van der Waals surface area contributed by atoms with Gasteiger partial charge < -0.3 is 15.4 Å². The fourth-order valence-corrected chi connectivity index (χ4v) is 2.09. The van der Waals surface area contributed by atoms with E-state index < -0.39 is 17.2 Å². The van der Waals surface area contributed by atoms with Gasteiger partial charge in [0.05, 0.1) is 11.2 Å². The number of alkyl carbamates (subject to hydrolysis) is 1. The minimum atomic E-state index is -1.04. The van der Waals surface area contributed by atoms with E-state index in [0.29, 0.717) is 13.0 Å². The van der Waals surface area contributed by atoms with Gasteiger partial charge in [-0.25, -0.2) is 9.78 Å². The predicted octanol–water partition coefficient (Wildman–Crippen LogP) is 2.11. The lowest BCUT2D eigenvalue weighted by Crippen LogP contribution is -2.55. The van der Waals surface area contributed by atoms with Crippen molar-refractivity contribution in [2.24, 2.45) is 0 Å². The number of nitrogens with one attached hydrogen (secondary N) is 2. The third-order valence-electron chi connectivity index (χ3n) is 2.53. The third-order valence-corrected chi connectivity index (χ3v) is 3.17. The molecule has 1 heterocycles. The van der Waals surface area contributed by atoms with Crippen LogP contribution in [0, 0.1) is 0 Å². The van der Waals surface area contributed by atoms with Crippen LogP contribution in [0.25, 0.3) is 0 Å². The largest absolute Gasteiger partial charge is 0.444 e. The van der Waals surface area contributed by atoms with Crippen LogP contribution < -0.4 is 10.6 Å². The second-order valence-electron chi connectivity index (χ2n) is 6.24. The van der Waals surface area contributed by atoms with Crippen LogP contribution in [0.2, 0.25) is 0 Å². The molecule has 0 aromatic carbocycles. The summed E-state index contributed by atoms with van der Waals surface area (Å²) in [6, 6.07) is 0. The van der Waals surface area contributed by atoms with Crippen molar-refractivity contribution in [2.45, 2.75) is 52.2 Å². The highest BCUT2D eigenvalue weighted by Gasteiger charge is 2.31. The lowest BCUT2D eigenvalue weighted by molar-refractivity contribution is -0.126. The highest BCUT2D eigenvalue weighted by Crippen LogP contribution is 2.09. The summed E-state index contributed by atoms with van der Waals surface area (Å²) in [6.07, 6.45) is 0.0553. The molecule has 118 valence electrons. The van der Waals surface area contributed by atoms with E-state index in [1.54, 1.807) is 40.1 Å². The average molecular weight is 313 g/mol. The molecule has 7 heteroatoms. The Balaban J connectivity index is 2.41. The Morgan fingerprint density at radius 1 is 1.29 bits per heavy atom. The summed E-state index contributed by atoms with van der Waals surface area (Å²) in [5, 5.41) is 7.30. The summed E-state index contributed by atoms with van der Waals surface area (Å²) in [5.74, 6) is -0.261. The third kappa shape index (κ3) is 6.57. The van der Waals surface area contributed by atoms with Crippen LogP contribution in [-0.4, -0.2) is 34.7 Å². The average Bonchev–Trinajstić information content (AvgIpc) is 2.78. The van der Waals surface area contributed by atoms with Gasteiger partial charge in [-0.05, 0) is 34.6 Å². The second-order valence-corrected chi connectivity index (χ2v) is 6.96. The van der Waals surface area contributed by atoms with Crippen LogP contribution in [0.4, 0.5) is 4.79 Å². The number of carbonyl (C=O) groups excluding carboxylic acids is 2. The Morgan fingerprint density at radius 3 is 2.48 bits per heavy atom. The molecule has 0 radical (unpaired) electrons. The van der Waals surface area contributed by atoms with Crippen LogP contribution in [-0.2, 0) is 16.0 Å². The molecule has 0 aliphatic rings. The summed E-state index contributed by atoms with van der Waals surface area (Å²) in [4.78, 5) is 28.0. The van der Waals surface area contributed by atoms with Crippen LogP contribution in [0.15, 0.2) is 10.9 Å². The number of amides is 2. The van der Waals surface area contributed by atoms with Gasteiger partial charge in [-0.1, -0.05) is 0 Å². The molecule has 2 amide bonds. The molecule has 0 spiro atoms. The zero-order valence-electron chi connectivity index (χ0n) is 13.1. The molecule has 0 aliphatic carbocycles. The molecule has 2 N–H and O–H groups in total. The highest BCUT2D eigenvalue weighted by atomic mass is 32.1. The Bertz CT molecular complexity index is 478. The van der Waals surface area contributed by atoms with Crippen molar-refractivity contribution < 1.29 is 14.3 Å². The zero-order valence-corrected chi connectivity index (χ0v) is 14.0. The second kappa shape index (κ2) is 6.89. The van der Waals surface area contributed by atoms with Gasteiger partial charge in [0.15, 0.2) is 0 Å². The standard InChI is InChI=1S/C14H23N3O3S/c1-13(2,3)20-12(19)17-14(4,5)11(18)15-7-6-10-8-21-9-16-10/h8-9H,6-7H2,1-5H3,(H,15,18)(H,17,19). The molecule has 0 aliphatic heterocycles. The minimum Gasteiger partial charge on any atom is -0.444 e. The van der Waals surface area contributed by atoms with Crippen LogP contribution in [0.1, 0.15) is 40.3 Å². The molecule has 1 aromatic rings. The molecule has 6 nitrogen and oxygen atoms in total. The number of hydrogen-bond acceptors (Lipinski definition) is 5. The van der Waals surface area contributed by atoms with Crippen LogP contribution in [0.3, 0.4) is 0 Å². The number of rotatable bonds is 5. The highest BCUT2D eigenvalue weighted by molar-refractivity contribution is 7.07. The SMILES string of the molecule is CC(C)(C)OC(=O)NC(C)(C)C(=O)NCCc1cscn1. The van der Waals surface area contributed by atoms with Gasteiger partial charge >= 0.3 is 6.09 Å². The fraction of sp³-hybridized carbons (Fsp3) is 0.643. The van der Waals surface area contributed by atoms with Crippen molar-refractivity contribution >= 4 is 23.3 Å². The van der Waals surface area contributed by atoms with E-state index in [9.17, 15) is 9.59 Å². The summed E-state index contributed by atoms with van der Waals surface area (Å²) in [5.41, 5.74) is 1.06. The van der Waals surface area contributed by atoms with Crippen molar-refractivity contribution in [3.8, 4) is 0 Å². The maximum atomic E-state index is 12.1. The first-order valence-corrected chi connectivity index (χ1v) is 7.71. The topological polar surface area (TPSA) is 80.3 Å². The summed E-state index contributed by atoms with van der Waals surface area (Å²) >= 11 is 1.52. The van der Waals surface area contributed by atoms with Crippen molar-refractivity contribution in [3.63, 3.8) is 0 Å². The summed E-state index contributed by atoms with van der Waals surface area (Å²) in [6.45, 7) is 9.06. The van der Waals surface area contributed by atoms with E-state index >= 15 is 0 Å². The fourth-order valence-electron chi connectivity index (χ4n) is 1.50. The monoisotopic (exact) mass is 313 g/mol. The molecule has 0 atom stereocenters. The first-order chi connectivity index (χ1) is 9.60. The first-order valence-electron chi connectivity index (χ1n) is 6.77. The maximum Gasteiger partial charge on any atom is 0.408 e. The van der Waals surface area contributed by atoms with Gasteiger partial charge in [0.25, 0.3) is 0 Å². The molecule has 0 unspecified atom stereocenters. The number of nitrogens with zero attached hydrogens (tertiary/aromatic N) is 1. The molecule has 0 saturated heterocycles. The molecule has 21 heavy (non-hydrogen) atoms. The van der Waals surface area contributed by atoms with E-state index in [1.165, 1.54) is 11.3 Å². The number of aromatic nitrogens is 1. The first kappa shape index (κ1) is 17.4. The van der Waals surface area contributed by atoms with Gasteiger partial charge in [-0.2, -0.15) is 0 Å². The summed E-state index contributed by atoms with van der Waals surface area (Å²) < 4.78 is 5.15. The van der Waals surface area contributed by atoms with Gasteiger partial charge in [0.2, 0.25) is 5.91 Å². The van der Waals surface area contributed by atoms with E-state index in [1.807, 2.05) is 5.38 Å². The minimum absolute atomic E-state index is 0.261. The molecular weight excluding hydrogens is 290 g/mol. The Hall–Kier alpha value is -1.63. The van der Waals surface area contributed by atoms with Crippen LogP contribution >= 0.6 is 11.3 Å². The molecule has 1 aromatic heterocycles.